The number of hydrogen-bond acceptors (Lipinski definition) is 4. The summed E-state index contributed by atoms with van der Waals surface area (Å²) in [4.78, 5) is 24.1. The van der Waals surface area contributed by atoms with Crippen LogP contribution in [0.15, 0.2) is 48.5 Å². The van der Waals surface area contributed by atoms with Gasteiger partial charge >= 0.3 is 0 Å². The Morgan fingerprint density at radius 1 is 0.607 bits per heavy atom. The molecule has 2 rings (SSSR count). The van der Waals surface area contributed by atoms with Gasteiger partial charge in [-0.3, -0.25) is 9.59 Å². The standard InChI is InChI=1S/C22H24Cl2O2S2/c23-19-9-5-17(6-10-19)21(25)15-27-13-3-1-2-4-14-28-16-22(26)18-7-11-20(24)12-8-18/h5-12H,1-4,13-16H2. The lowest BCUT2D eigenvalue weighted by molar-refractivity contribution is 0.101. The van der Waals surface area contributed by atoms with Crippen molar-refractivity contribution in [1.82, 2.24) is 0 Å². The van der Waals surface area contributed by atoms with E-state index >= 15 is 0 Å². The molecular weight excluding hydrogens is 431 g/mol. The Bertz CT molecular complexity index is 681. The number of halogens is 2. The number of ketones is 2. The molecule has 0 amide bonds. The van der Waals surface area contributed by atoms with Crippen LogP contribution in [0.3, 0.4) is 0 Å². The third kappa shape index (κ3) is 9.04. The van der Waals surface area contributed by atoms with Gasteiger partial charge in [0.1, 0.15) is 0 Å². The average Bonchev–Trinajstić information content (AvgIpc) is 2.70. The molecule has 0 saturated heterocycles. The molecule has 0 aliphatic heterocycles. The molecule has 0 N–H and O–H groups in total. The first-order chi connectivity index (χ1) is 13.6. The molecule has 28 heavy (non-hydrogen) atoms. The number of benzene rings is 2. The van der Waals surface area contributed by atoms with Crippen LogP contribution in [-0.4, -0.2) is 34.6 Å². The van der Waals surface area contributed by atoms with Crippen molar-refractivity contribution in [2.45, 2.75) is 25.7 Å². The minimum atomic E-state index is 0.156. The second kappa shape index (κ2) is 13.3. The highest BCUT2D eigenvalue weighted by Crippen LogP contribution is 2.16. The molecule has 2 nitrogen and oxygen atoms in total. The highest BCUT2D eigenvalue weighted by atomic mass is 35.5. The van der Waals surface area contributed by atoms with Crippen LogP contribution in [-0.2, 0) is 0 Å². The smallest absolute Gasteiger partial charge is 0.172 e. The monoisotopic (exact) mass is 454 g/mol. The van der Waals surface area contributed by atoms with E-state index in [4.69, 9.17) is 23.2 Å². The van der Waals surface area contributed by atoms with Crippen molar-refractivity contribution in [3.05, 3.63) is 69.7 Å². The zero-order valence-electron chi connectivity index (χ0n) is 15.7. The number of unbranched alkanes of at least 4 members (excludes halogenated alkanes) is 3. The lowest BCUT2D eigenvalue weighted by atomic mass is 10.1. The third-order valence-electron chi connectivity index (χ3n) is 4.13. The molecule has 150 valence electrons. The second-order valence-corrected chi connectivity index (χ2v) is 9.46. The molecule has 0 fully saturated rings. The Balaban J connectivity index is 1.44. The fourth-order valence-electron chi connectivity index (χ4n) is 2.53. The number of carbonyl (C=O) groups is 2. The Morgan fingerprint density at radius 2 is 0.964 bits per heavy atom. The van der Waals surface area contributed by atoms with Gasteiger partial charge in [-0.15, -0.1) is 0 Å². The van der Waals surface area contributed by atoms with E-state index < -0.39 is 0 Å². The lowest BCUT2D eigenvalue weighted by Gasteiger charge is -2.04. The number of hydrogen-bond donors (Lipinski definition) is 0. The Hall–Kier alpha value is -0.940. The molecule has 0 aliphatic rings. The first kappa shape index (κ1) is 23.3. The molecule has 2 aromatic rings. The minimum Gasteiger partial charge on any atom is -0.293 e. The maximum absolute atomic E-state index is 12.0. The second-order valence-electron chi connectivity index (χ2n) is 6.38. The number of carbonyl (C=O) groups excluding carboxylic acids is 2. The van der Waals surface area contributed by atoms with Crippen molar-refractivity contribution in [1.29, 1.82) is 0 Å². The van der Waals surface area contributed by atoms with Gasteiger partial charge in [0, 0.05) is 21.2 Å². The normalized spacial score (nSPS) is 10.8. The van der Waals surface area contributed by atoms with Gasteiger partial charge in [0.25, 0.3) is 0 Å². The van der Waals surface area contributed by atoms with E-state index in [9.17, 15) is 9.59 Å². The maximum atomic E-state index is 12.0. The molecule has 2 aromatic carbocycles. The topological polar surface area (TPSA) is 34.1 Å². The fourth-order valence-corrected chi connectivity index (χ4v) is 4.59. The van der Waals surface area contributed by atoms with Crippen LogP contribution >= 0.6 is 46.7 Å². The highest BCUT2D eigenvalue weighted by molar-refractivity contribution is 8.00. The average molecular weight is 455 g/mol. The highest BCUT2D eigenvalue weighted by Gasteiger charge is 2.06. The first-order valence-corrected chi connectivity index (χ1v) is 12.4. The number of Topliss-reactive ketones (excluding diaryl/α,β-unsaturated/α-hetero) is 2. The lowest BCUT2D eigenvalue weighted by Crippen LogP contribution is -2.03. The van der Waals surface area contributed by atoms with Crippen LogP contribution in [0.5, 0.6) is 0 Å². The van der Waals surface area contributed by atoms with Crippen molar-refractivity contribution in [2.24, 2.45) is 0 Å². The molecule has 0 atom stereocenters. The van der Waals surface area contributed by atoms with Crippen LogP contribution in [0.25, 0.3) is 0 Å². The summed E-state index contributed by atoms with van der Waals surface area (Å²) in [5.74, 6) is 3.35. The van der Waals surface area contributed by atoms with E-state index in [2.05, 4.69) is 0 Å². The Labute approximate surface area is 185 Å². The van der Waals surface area contributed by atoms with Crippen LogP contribution < -0.4 is 0 Å². The first-order valence-electron chi connectivity index (χ1n) is 9.29. The summed E-state index contributed by atoms with van der Waals surface area (Å²) in [6, 6.07) is 14.1. The summed E-state index contributed by atoms with van der Waals surface area (Å²) in [5, 5.41) is 1.30. The van der Waals surface area contributed by atoms with Crippen LogP contribution in [0.1, 0.15) is 46.4 Å². The molecule has 0 bridgehead atoms. The molecule has 0 spiro atoms. The van der Waals surface area contributed by atoms with Gasteiger partial charge in [0.2, 0.25) is 0 Å². The van der Waals surface area contributed by atoms with Crippen molar-refractivity contribution < 1.29 is 9.59 Å². The summed E-state index contributed by atoms with van der Waals surface area (Å²) < 4.78 is 0. The SMILES string of the molecule is O=C(CSCCCCCCSCC(=O)c1ccc(Cl)cc1)c1ccc(Cl)cc1. The van der Waals surface area contributed by atoms with Gasteiger partial charge in [-0.1, -0.05) is 36.0 Å². The predicted molar refractivity (Wildman–Crippen MR) is 125 cm³/mol. The zero-order chi connectivity index (χ0) is 20.2. The van der Waals surface area contributed by atoms with Crippen molar-refractivity contribution >= 4 is 58.3 Å². The molecule has 6 heteroatoms. The van der Waals surface area contributed by atoms with Gasteiger partial charge in [-0.05, 0) is 72.9 Å². The molecule has 0 unspecified atom stereocenters. The van der Waals surface area contributed by atoms with Gasteiger partial charge in [0.15, 0.2) is 11.6 Å². The molecule has 0 aromatic heterocycles. The summed E-state index contributed by atoms with van der Waals surface area (Å²) in [6.07, 6.45) is 4.56. The van der Waals surface area contributed by atoms with Crippen LogP contribution in [0.4, 0.5) is 0 Å². The third-order valence-corrected chi connectivity index (χ3v) is 6.72. The maximum Gasteiger partial charge on any atom is 0.172 e. The molecular formula is C22H24Cl2O2S2. The quantitative estimate of drug-likeness (QED) is 0.239. The Kier molecular flexibility index (Phi) is 11.1. The minimum absolute atomic E-state index is 0.156. The van der Waals surface area contributed by atoms with Crippen LogP contribution in [0, 0.1) is 0 Å². The van der Waals surface area contributed by atoms with E-state index in [1.165, 1.54) is 0 Å². The van der Waals surface area contributed by atoms with E-state index in [0.29, 0.717) is 21.6 Å². The number of rotatable bonds is 13. The fraction of sp³-hybridized carbons (Fsp3) is 0.364. The zero-order valence-corrected chi connectivity index (χ0v) is 18.8. The molecule has 0 saturated carbocycles. The molecule has 0 radical (unpaired) electrons. The van der Waals surface area contributed by atoms with Crippen LogP contribution in [0.2, 0.25) is 10.0 Å². The summed E-state index contributed by atoms with van der Waals surface area (Å²) in [5.41, 5.74) is 1.45. The summed E-state index contributed by atoms with van der Waals surface area (Å²) >= 11 is 15.0. The summed E-state index contributed by atoms with van der Waals surface area (Å²) in [6.45, 7) is 0. The molecule has 0 heterocycles. The summed E-state index contributed by atoms with van der Waals surface area (Å²) in [7, 11) is 0. The largest absolute Gasteiger partial charge is 0.293 e. The predicted octanol–water partition coefficient (Wildman–Crippen LogP) is 7.09. The van der Waals surface area contributed by atoms with Crippen molar-refractivity contribution in [3.63, 3.8) is 0 Å². The molecule has 0 aliphatic carbocycles. The van der Waals surface area contributed by atoms with E-state index in [-0.39, 0.29) is 11.6 Å². The van der Waals surface area contributed by atoms with Crippen molar-refractivity contribution in [3.8, 4) is 0 Å². The van der Waals surface area contributed by atoms with Gasteiger partial charge in [-0.25, -0.2) is 0 Å². The van der Waals surface area contributed by atoms with Gasteiger partial charge < -0.3 is 0 Å². The van der Waals surface area contributed by atoms with E-state index in [1.807, 2.05) is 0 Å². The van der Waals surface area contributed by atoms with Gasteiger partial charge in [-0.2, -0.15) is 23.5 Å². The van der Waals surface area contributed by atoms with E-state index in [1.54, 1.807) is 72.1 Å². The van der Waals surface area contributed by atoms with Crippen molar-refractivity contribution in [2.75, 3.05) is 23.0 Å². The Morgan fingerprint density at radius 3 is 1.32 bits per heavy atom. The number of thioether (sulfide) groups is 2. The van der Waals surface area contributed by atoms with E-state index in [0.717, 1.165) is 48.3 Å². The van der Waals surface area contributed by atoms with Gasteiger partial charge in [0.05, 0.1) is 11.5 Å².